The van der Waals surface area contributed by atoms with E-state index in [1.54, 1.807) is 7.11 Å². The first-order valence-corrected chi connectivity index (χ1v) is 8.48. The zero-order valence-corrected chi connectivity index (χ0v) is 15.5. The highest BCUT2D eigenvalue weighted by Crippen LogP contribution is 2.29. The van der Waals surface area contributed by atoms with Crippen molar-refractivity contribution in [3.8, 4) is 11.5 Å². The largest absolute Gasteiger partial charge is 0.497 e. The van der Waals surface area contributed by atoms with Gasteiger partial charge in [-0.05, 0) is 49.4 Å². The molecule has 0 aliphatic rings. The molecule has 3 rings (SSSR count). The van der Waals surface area contributed by atoms with E-state index < -0.39 is 0 Å². The first-order chi connectivity index (χ1) is 12.0. The second-order valence-corrected chi connectivity index (χ2v) is 6.40. The Morgan fingerprint density at radius 1 is 1.16 bits per heavy atom. The number of aryl methyl sites for hydroxylation is 1. The van der Waals surface area contributed by atoms with Crippen LogP contribution in [0.3, 0.4) is 0 Å². The maximum absolute atomic E-state index is 12.1. The molecular weight excluding hydrogens is 384 g/mol. The smallest absolute Gasteiger partial charge is 0.262 e. The van der Waals surface area contributed by atoms with Crippen molar-refractivity contribution < 1.29 is 14.3 Å². The molecule has 0 saturated carbocycles. The number of methoxy groups -OCH3 is 1. The van der Waals surface area contributed by atoms with Gasteiger partial charge in [-0.1, -0.05) is 15.9 Å². The van der Waals surface area contributed by atoms with E-state index in [4.69, 9.17) is 9.47 Å². The number of amides is 1. The molecule has 1 heterocycles. The molecule has 0 atom stereocenters. The highest BCUT2D eigenvalue weighted by Gasteiger charge is 2.10. The third-order valence-electron chi connectivity index (χ3n) is 3.59. The molecule has 0 saturated heterocycles. The van der Waals surface area contributed by atoms with E-state index in [2.05, 4.69) is 26.2 Å². The van der Waals surface area contributed by atoms with Crippen LogP contribution >= 0.6 is 15.9 Å². The number of nitrogens with zero attached hydrogens (tertiary/aromatic N) is 1. The lowest BCUT2D eigenvalue weighted by Crippen LogP contribution is -2.20. The standard InChI is InChI=1S/C19H17BrN2O3/c1-12-9-18(16-10-15(24-2)7-8-17(16)21-12)25-11-19(23)22-14-5-3-13(20)4-6-14/h3-10H,11H2,1-2H3,(H,22,23). The second-order valence-electron chi connectivity index (χ2n) is 5.49. The van der Waals surface area contributed by atoms with Gasteiger partial charge in [0, 0.05) is 27.3 Å². The van der Waals surface area contributed by atoms with Gasteiger partial charge in [0.05, 0.1) is 12.6 Å². The minimum absolute atomic E-state index is 0.0914. The number of ether oxygens (including phenoxy) is 2. The van der Waals surface area contributed by atoms with Crippen LogP contribution in [0, 0.1) is 6.92 Å². The number of benzene rings is 2. The molecule has 0 bridgehead atoms. The number of pyridine rings is 1. The van der Waals surface area contributed by atoms with Gasteiger partial charge in [0.2, 0.25) is 0 Å². The van der Waals surface area contributed by atoms with Crippen LogP contribution in [0.25, 0.3) is 10.9 Å². The lowest BCUT2D eigenvalue weighted by atomic mass is 10.1. The van der Waals surface area contributed by atoms with Crippen molar-refractivity contribution in [1.82, 2.24) is 4.98 Å². The number of hydrogen-bond donors (Lipinski definition) is 1. The highest BCUT2D eigenvalue weighted by molar-refractivity contribution is 9.10. The topological polar surface area (TPSA) is 60.5 Å². The summed E-state index contributed by atoms with van der Waals surface area (Å²) in [4.78, 5) is 16.6. The van der Waals surface area contributed by atoms with Crippen LogP contribution in [0.4, 0.5) is 5.69 Å². The molecule has 3 aromatic rings. The monoisotopic (exact) mass is 400 g/mol. The van der Waals surface area contributed by atoms with Crippen LogP contribution in [-0.2, 0) is 4.79 Å². The predicted molar refractivity (Wildman–Crippen MR) is 101 cm³/mol. The van der Waals surface area contributed by atoms with E-state index in [9.17, 15) is 4.79 Å². The zero-order chi connectivity index (χ0) is 17.8. The molecule has 0 aliphatic heterocycles. The number of fused-ring (bicyclic) bond motifs is 1. The Labute approximate surface area is 154 Å². The molecular formula is C19H17BrN2O3. The van der Waals surface area contributed by atoms with Crippen LogP contribution in [0.1, 0.15) is 5.69 Å². The van der Waals surface area contributed by atoms with E-state index in [1.807, 2.05) is 55.5 Å². The molecule has 1 N–H and O–H groups in total. The van der Waals surface area contributed by atoms with Gasteiger partial charge in [0.15, 0.2) is 6.61 Å². The molecule has 0 fully saturated rings. The summed E-state index contributed by atoms with van der Waals surface area (Å²) in [6, 6.07) is 14.7. The van der Waals surface area contributed by atoms with Crippen molar-refractivity contribution in [2.45, 2.75) is 6.92 Å². The number of rotatable bonds is 5. The normalized spacial score (nSPS) is 10.5. The molecule has 0 spiro atoms. The third kappa shape index (κ3) is 4.28. The average molecular weight is 401 g/mol. The first kappa shape index (κ1) is 17.2. The van der Waals surface area contributed by atoms with Crippen molar-refractivity contribution in [3.63, 3.8) is 0 Å². The van der Waals surface area contributed by atoms with Crippen molar-refractivity contribution >= 4 is 38.4 Å². The molecule has 1 amide bonds. The minimum Gasteiger partial charge on any atom is -0.497 e. The molecule has 0 radical (unpaired) electrons. The van der Waals surface area contributed by atoms with E-state index in [1.165, 1.54) is 0 Å². The maximum atomic E-state index is 12.1. The van der Waals surface area contributed by atoms with Crippen molar-refractivity contribution in [1.29, 1.82) is 0 Å². The van der Waals surface area contributed by atoms with Gasteiger partial charge in [0.1, 0.15) is 11.5 Å². The van der Waals surface area contributed by atoms with Gasteiger partial charge in [-0.2, -0.15) is 0 Å². The van der Waals surface area contributed by atoms with Gasteiger partial charge in [-0.3, -0.25) is 9.78 Å². The van der Waals surface area contributed by atoms with Crippen LogP contribution in [0.2, 0.25) is 0 Å². The summed E-state index contributed by atoms with van der Waals surface area (Å²) in [7, 11) is 1.61. The summed E-state index contributed by atoms with van der Waals surface area (Å²) in [6.07, 6.45) is 0. The quantitative estimate of drug-likeness (QED) is 0.692. The fourth-order valence-corrected chi connectivity index (χ4v) is 2.68. The summed E-state index contributed by atoms with van der Waals surface area (Å²) in [5.41, 5.74) is 2.33. The molecule has 1 aromatic heterocycles. The van der Waals surface area contributed by atoms with Crippen molar-refractivity contribution in [2.24, 2.45) is 0 Å². The Morgan fingerprint density at radius 2 is 1.92 bits per heavy atom. The molecule has 2 aromatic carbocycles. The lowest BCUT2D eigenvalue weighted by Gasteiger charge is -2.11. The van der Waals surface area contributed by atoms with Crippen LogP contribution in [0.5, 0.6) is 11.5 Å². The van der Waals surface area contributed by atoms with Crippen LogP contribution in [-0.4, -0.2) is 24.6 Å². The molecule has 128 valence electrons. The number of nitrogens with one attached hydrogen (secondary N) is 1. The third-order valence-corrected chi connectivity index (χ3v) is 4.12. The van der Waals surface area contributed by atoms with Crippen LogP contribution in [0.15, 0.2) is 53.0 Å². The number of aromatic nitrogens is 1. The number of carbonyl (C=O) groups is 1. The zero-order valence-electron chi connectivity index (χ0n) is 13.9. The first-order valence-electron chi connectivity index (χ1n) is 7.69. The molecule has 0 aliphatic carbocycles. The Bertz CT molecular complexity index is 910. The number of anilines is 1. The Kier molecular flexibility index (Phi) is 5.19. The van der Waals surface area contributed by atoms with Gasteiger partial charge < -0.3 is 14.8 Å². The van der Waals surface area contributed by atoms with Gasteiger partial charge in [-0.25, -0.2) is 0 Å². The minimum atomic E-state index is -0.229. The van der Waals surface area contributed by atoms with Crippen molar-refractivity contribution in [2.75, 3.05) is 19.0 Å². The molecule has 25 heavy (non-hydrogen) atoms. The Hall–Kier alpha value is -2.60. The summed E-state index contributed by atoms with van der Waals surface area (Å²) >= 11 is 3.36. The van der Waals surface area contributed by atoms with E-state index in [-0.39, 0.29) is 12.5 Å². The number of carbonyl (C=O) groups excluding carboxylic acids is 1. The highest BCUT2D eigenvalue weighted by atomic mass is 79.9. The fraction of sp³-hybridized carbons (Fsp3) is 0.158. The van der Waals surface area contributed by atoms with E-state index >= 15 is 0 Å². The summed E-state index contributed by atoms with van der Waals surface area (Å²) in [5.74, 6) is 1.09. The lowest BCUT2D eigenvalue weighted by molar-refractivity contribution is -0.118. The number of hydrogen-bond acceptors (Lipinski definition) is 4. The average Bonchev–Trinajstić information content (AvgIpc) is 2.61. The van der Waals surface area contributed by atoms with Crippen LogP contribution < -0.4 is 14.8 Å². The summed E-state index contributed by atoms with van der Waals surface area (Å²) in [5, 5.41) is 3.61. The Balaban J connectivity index is 1.75. The van der Waals surface area contributed by atoms with E-state index in [0.717, 1.165) is 21.1 Å². The SMILES string of the molecule is COc1ccc2nc(C)cc(OCC(=O)Nc3ccc(Br)cc3)c2c1. The van der Waals surface area contributed by atoms with Gasteiger partial charge >= 0.3 is 0 Å². The molecule has 5 nitrogen and oxygen atoms in total. The molecule has 0 unspecified atom stereocenters. The second kappa shape index (κ2) is 7.53. The van der Waals surface area contributed by atoms with Crippen molar-refractivity contribution in [3.05, 3.63) is 58.7 Å². The maximum Gasteiger partial charge on any atom is 0.262 e. The van der Waals surface area contributed by atoms with E-state index in [0.29, 0.717) is 17.2 Å². The predicted octanol–water partition coefficient (Wildman–Crippen LogP) is 4.33. The fourth-order valence-electron chi connectivity index (χ4n) is 2.42. The van der Waals surface area contributed by atoms with Gasteiger partial charge in [0.25, 0.3) is 5.91 Å². The number of halogens is 1. The summed E-state index contributed by atoms with van der Waals surface area (Å²) in [6.45, 7) is 1.80. The molecule has 6 heteroatoms. The van der Waals surface area contributed by atoms with Gasteiger partial charge in [-0.15, -0.1) is 0 Å². The Morgan fingerprint density at radius 3 is 2.64 bits per heavy atom. The summed E-state index contributed by atoms with van der Waals surface area (Å²) < 4.78 is 11.9.